The molecular formula is C23H23N. The highest BCUT2D eigenvalue weighted by molar-refractivity contribution is 5.50. The van der Waals surface area contributed by atoms with Crippen molar-refractivity contribution in [2.45, 2.75) is 19.0 Å². The Bertz CT molecular complexity index is 748. The van der Waals surface area contributed by atoms with Crippen molar-refractivity contribution < 1.29 is 0 Å². The topological polar surface area (TPSA) is 12.0 Å². The van der Waals surface area contributed by atoms with E-state index in [1.54, 1.807) is 0 Å². The molecule has 0 spiro atoms. The molecule has 0 bridgehead atoms. The first kappa shape index (κ1) is 16.2. The molecule has 3 rings (SSSR count). The van der Waals surface area contributed by atoms with E-state index >= 15 is 0 Å². The van der Waals surface area contributed by atoms with Crippen molar-refractivity contribution in [1.29, 1.82) is 0 Å². The van der Waals surface area contributed by atoms with Crippen molar-refractivity contribution in [3.05, 3.63) is 114 Å². The van der Waals surface area contributed by atoms with Crippen LogP contribution in [0.25, 0.3) is 6.08 Å². The first-order chi connectivity index (χ1) is 11.8. The lowest BCUT2D eigenvalue weighted by molar-refractivity contribution is 0.528. The Labute approximate surface area is 144 Å². The van der Waals surface area contributed by atoms with Gasteiger partial charge in [0.15, 0.2) is 0 Å². The van der Waals surface area contributed by atoms with Crippen molar-refractivity contribution in [3.63, 3.8) is 0 Å². The van der Waals surface area contributed by atoms with Gasteiger partial charge in [-0.3, -0.25) is 0 Å². The molecule has 0 fully saturated rings. The van der Waals surface area contributed by atoms with Gasteiger partial charge in [-0.15, -0.1) is 0 Å². The highest BCUT2D eigenvalue weighted by atomic mass is 14.9. The van der Waals surface area contributed by atoms with Gasteiger partial charge in [0.25, 0.3) is 0 Å². The quantitative estimate of drug-likeness (QED) is 0.607. The van der Waals surface area contributed by atoms with Crippen LogP contribution in [-0.2, 0) is 0 Å². The second-order valence-electron chi connectivity index (χ2n) is 5.96. The molecule has 0 amide bonds. The summed E-state index contributed by atoms with van der Waals surface area (Å²) in [5.74, 6) is 0. The van der Waals surface area contributed by atoms with Crippen LogP contribution in [0.4, 0.5) is 0 Å². The van der Waals surface area contributed by atoms with Crippen LogP contribution in [0.1, 0.15) is 35.7 Å². The van der Waals surface area contributed by atoms with Gasteiger partial charge in [-0.1, -0.05) is 103 Å². The predicted octanol–water partition coefficient (Wildman–Crippen LogP) is 5.79. The second-order valence-corrected chi connectivity index (χ2v) is 5.96. The van der Waals surface area contributed by atoms with E-state index in [1.165, 1.54) is 16.7 Å². The zero-order valence-electron chi connectivity index (χ0n) is 14.0. The largest absolute Gasteiger partial charge is 0.300 e. The van der Waals surface area contributed by atoms with Gasteiger partial charge in [-0.05, 0) is 23.6 Å². The Hall–Kier alpha value is -2.64. The van der Waals surface area contributed by atoms with Crippen LogP contribution in [-0.4, -0.2) is 0 Å². The zero-order chi connectivity index (χ0) is 16.6. The molecular weight excluding hydrogens is 290 g/mol. The van der Waals surface area contributed by atoms with Crippen molar-refractivity contribution in [2.75, 3.05) is 0 Å². The fraction of sp³-hybridized carbons (Fsp3) is 0.130. The van der Waals surface area contributed by atoms with Gasteiger partial charge in [-0.25, -0.2) is 0 Å². The molecule has 1 nitrogen and oxygen atoms in total. The summed E-state index contributed by atoms with van der Waals surface area (Å²) in [6, 6.07) is 32.0. The minimum absolute atomic E-state index is 0.168. The third-order valence-electron chi connectivity index (χ3n) is 4.17. The standard InChI is InChI=1S/C23H23N/c1-19(21-13-7-3-8-14-21)24-23(22-15-9-4-10-16-22)18-17-20-11-5-2-6-12-20/h2-19,23-24H,1H3/b18-17+/t19-,23-/m1/s1. The summed E-state index contributed by atoms with van der Waals surface area (Å²) >= 11 is 0. The average Bonchev–Trinajstić information content (AvgIpc) is 2.67. The Balaban J connectivity index is 1.81. The lowest BCUT2D eigenvalue weighted by atomic mass is 10.0. The summed E-state index contributed by atoms with van der Waals surface area (Å²) < 4.78 is 0. The normalized spacial score (nSPS) is 13.7. The predicted molar refractivity (Wildman–Crippen MR) is 103 cm³/mol. The lowest BCUT2D eigenvalue weighted by Gasteiger charge is -2.22. The molecule has 2 atom stereocenters. The molecule has 0 radical (unpaired) electrons. The smallest absolute Gasteiger partial charge is 0.0514 e. The van der Waals surface area contributed by atoms with E-state index in [9.17, 15) is 0 Å². The van der Waals surface area contributed by atoms with Crippen LogP contribution < -0.4 is 5.32 Å². The molecule has 0 saturated carbocycles. The zero-order valence-corrected chi connectivity index (χ0v) is 14.0. The molecule has 0 heterocycles. The fourth-order valence-electron chi connectivity index (χ4n) is 2.80. The summed E-state index contributed by atoms with van der Waals surface area (Å²) in [7, 11) is 0. The molecule has 0 aliphatic heterocycles. The first-order valence-corrected chi connectivity index (χ1v) is 8.42. The van der Waals surface area contributed by atoms with Crippen LogP contribution in [0.5, 0.6) is 0 Å². The number of hydrogen-bond acceptors (Lipinski definition) is 1. The second kappa shape index (κ2) is 8.28. The third kappa shape index (κ3) is 4.43. The number of nitrogens with one attached hydrogen (secondary N) is 1. The van der Waals surface area contributed by atoms with Crippen molar-refractivity contribution >= 4 is 6.08 Å². The molecule has 1 N–H and O–H groups in total. The maximum absolute atomic E-state index is 3.73. The van der Waals surface area contributed by atoms with Crippen molar-refractivity contribution in [1.82, 2.24) is 5.32 Å². The molecule has 0 saturated heterocycles. The number of benzene rings is 3. The number of rotatable bonds is 6. The van der Waals surface area contributed by atoms with Gasteiger partial charge in [0.05, 0.1) is 6.04 Å². The maximum atomic E-state index is 3.73. The van der Waals surface area contributed by atoms with E-state index in [4.69, 9.17) is 0 Å². The summed E-state index contributed by atoms with van der Waals surface area (Å²) in [6.07, 6.45) is 4.42. The molecule has 24 heavy (non-hydrogen) atoms. The summed E-state index contributed by atoms with van der Waals surface area (Å²) in [5.41, 5.74) is 3.78. The van der Waals surface area contributed by atoms with Crippen LogP contribution in [0.3, 0.4) is 0 Å². The van der Waals surface area contributed by atoms with Crippen molar-refractivity contribution in [2.24, 2.45) is 0 Å². The van der Waals surface area contributed by atoms with Gasteiger partial charge in [0.1, 0.15) is 0 Å². The molecule has 1 heteroatoms. The Morgan fingerprint density at radius 1 is 0.667 bits per heavy atom. The fourth-order valence-corrected chi connectivity index (χ4v) is 2.80. The van der Waals surface area contributed by atoms with E-state index in [0.717, 1.165) is 0 Å². The summed E-state index contributed by atoms with van der Waals surface area (Å²) in [5, 5.41) is 3.73. The SMILES string of the molecule is C[C@@H](N[C@H](/C=C/c1ccccc1)c1ccccc1)c1ccccc1. The maximum Gasteiger partial charge on any atom is 0.0514 e. The van der Waals surface area contributed by atoms with Crippen LogP contribution in [0, 0.1) is 0 Å². The van der Waals surface area contributed by atoms with E-state index < -0.39 is 0 Å². The van der Waals surface area contributed by atoms with Gasteiger partial charge in [0, 0.05) is 6.04 Å². The minimum atomic E-state index is 0.168. The molecule has 0 aliphatic rings. The van der Waals surface area contributed by atoms with E-state index in [-0.39, 0.29) is 12.1 Å². The molecule has 3 aromatic carbocycles. The van der Waals surface area contributed by atoms with Crippen LogP contribution in [0.2, 0.25) is 0 Å². The summed E-state index contributed by atoms with van der Waals surface area (Å²) in [4.78, 5) is 0. The third-order valence-corrected chi connectivity index (χ3v) is 4.17. The van der Waals surface area contributed by atoms with Gasteiger partial charge in [0.2, 0.25) is 0 Å². The molecule has 3 aromatic rings. The molecule has 0 aliphatic carbocycles. The van der Waals surface area contributed by atoms with Gasteiger partial charge in [-0.2, -0.15) is 0 Å². The monoisotopic (exact) mass is 313 g/mol. The molecule has 0 unspecified atom stereocenters. The van der Waals surface area contributed by atoms with Crippen molar-refractivity contribution in [3.8, 4) is 0 Å². The van der Waals surface area contributed by atoms with Crippen LogP contribution >= 0.6 is 0 Å². The van der Waals surface area contributed by atoms with Gasteiger partial charge < -0.3 is 5.32 Å². The molecule has 120 valence electrons. The molecule has 0 aromatic heterocycles. The first-order valence-electron chi connectivity index (χ1n) is 8.42. The highest BCUT2D eigenvalue weighted by Crippen LogP contribution is 2.21. The lowest BCUT2D eigenvalue weighted by Crippen LogP contribution is -2.23. The summed E-state index contributed by atoms with van der Waals surface area (Å²) in [6.45, 7) is 2.21. The highest BCUT2D eigenvalue weighted by Gasteiger charge is 2.12. The average molecular weight is 313 g/mol. The van der Waals surface area contributed by atoms with E-state index in [2.05, 4.69) is 109 Å². The Kier molecular flexibility index (Phi) is 5.60. The van der Waals surface area contributed by atoms with E-state index in [0.29, 0.717) is 0 Å². The minimum Gasteiger partial charge on any atom is -0.300 e. The Morgan fingerprint density at radius 2 is 1.17 bits per heavy atom. The van der Waals surface area contributed by atoms with Crippen LogP contribution in [0.15, 0.2) is 97.1 Å². The van der Waals surface area contributed by atoms with Gasteiger partial charge >= 0.3 is 0 Å². The Morgan fingerprint density at radius 3 is 1.75 bits per heavy atom. The number of hydrogen-bond donors (Lipinski definition) is 1. The van der Waals surface area contributed by atoms with E-state index in [1.807, 2.05) is 6.07 Å².